The number of carbonyl (C=O) groups is 1. The number of nitrogens with one attached hydrogen (secondary N) is 2. The lowest BCUT2D eigenvalue weighted by atomic mass is 10.1. The van der Waals surface area contributed by atoms with E-state index in [9.17, 15) is 4.79 Å². The summed E-state index contributed by atoms with van der Waals surface area (Å²) in [6, 6.07) is 8.44. The molecule has 0 bridgehead atoms. The van der Waals surface area contributed by atoms with Crippen molar-refractivity contribution < 1.29 is 4.79 Å². The molecule has 1 fully saturated rings. The van der Waals surface area contributed by atoms with Gasteiger partial charge in [-0.2, -0.15) is 0 Å². The Balaban J connectivity index is 1.50. The zero-order valence-corrected chi connectivity index (χ0v) is 12.8. The molecular formula is C17H22N4O. The zero-order chi connectivity index (χ0) is 15.4. The van der Waals surface area contributed by atoms with E-state index in [-0.39, 0.29) is 12.1 Å². The van der Waals surface area contributed by atoms with Crippen molar-refractivity contribution in [2.75, 3.05) is 0 Å². The van der Waals surface area contributed by atoms with Crippen LogP contribution in [0.1, 0.15) is 30.9 Å². The summed E-state index contributed by atoms with van der Waals surface area (Å²) in [5.41, 5.74) is 2.30. The third kappa shape index (κ3) is 4.10. The molecule has 1 aliphatic rings. The predicted octanol–water partition coefficient (Wildman–Crippen LogP) is 2.53. The fraction of sp³-hybridized carbons (Fsp3) is 0.412. The van der Waals surface area contributed by atoms with Gasteiger partial charge < -0.3 is 15.2 Å². The lowest BCUT2D eigenvalue weighted by Gasteiger charge is -2.14. The van der Waals surface area contributed by atoms with E-state index in [1.165, 1.54) is 18.4 Å². The second-order valence-electron chi connectivity index (χ2n) is 6.01. The van der Waals surface area contributed by atoms with Crippen LogP contribution in [-0.2, 0) is 13.1 Å². The Morgan fingerprint density at radius 3 is 2.95 bits per heavy atom. The first kappa shape index (κ1) is 14.6. The van der Waals surface area contributed by atoms with Crippen LogP contribution in [0.5, 0.6) is 0 Å². The first-order valence-corrected chi connectivity index (χ1v) is 7.78. The Morgan fingerprint density at radius 1 is 1.41 bits per heavy atom. The molecule has 1 atom stereocenters. The summed E-state index contributed by atoms with van der Waals surface area (Å²) in [4.78, 5) is 15.9. The smallest absolute Gasteiger partial charge is 0.315 e. The molecule has 1 aliphatic carbocycles. The van der Waals surface area contributed by atoms with E-state index >= 15 is 0 Å². The molecule has 0 saturated heterocycles. The maximum atomic E-state index is 11.9. The number of hydrogen-bond donors (Lipinski definition) is 2. The van der Waals surface area contributed by atoms with Crippen molar-refractivity contribution >= 4 is 6.03 Å². The van der Waals surface area contributed by atoms with Gasteiger partial charge in [0, 0.05) is 31.5 Å². The Morgan fingerprint density at radius 2 is 2.23 bits per heavy atom. The zero-order valence-electron chi connectivity index (χ0n) is 12.8. The molecule has 2 amide bonds. The largest absolute Gasteiger partial charge is 0.335 e. The maximum Gasteiger partial charge on any atom is 0.315 e. The standard InChI is InChI=1S/C17H22N4O/c1-13(16-5-6-16)20-17(22)19-10-14-3-2-4-15(9-14)11-21-8-7-18-12-21/h2-4,7-9,12-13,16H,5-6,10-11H2,1H3,(H2,19,20,22). The average molecular weight is 298 g/mol. The fourth-order valence-electron chi connectivity index (χ4n) is 2.58. The molecule has 0 aliphatic heterocycles. The summed E-state index contributed by atoms with van der Waals surface area (Å²) in [7, 11) is 0. The van der Waals surface area contributed by atoms with E-state index in [2.05, 4.69) is 34.7 Å². The molecule has 5 heteroatoms. The quantitative estimate of drug-likeness (QED) is 0.861. The van der Waals surface area contributed by atoms with Crippen molar-refractivity contribution in [1.82, 2.24) is 20.2 Å². The van der Waals surface area contributed by atoms with Crippen molar-refractivity contribution in [1.29, 1.82) is 0 Å². The van der Waals surface area contributed by atoms with Crippen molar-refractivity contribution in [3.05, 3.63) is 54.1 Å². The lowest BCUT2D eigenvalue weighted by molar-refractivity contribution is 0.236. The predicted molar refractivity (Wildman–Crippen MR) is 85.3 cm³/mol. The minimum atomic E-state index is -0.0839. The molecule has 0 spiro atoms. The second kappa shape index (κ2) is 6.64. The van der Waals surface area contributed by atoms with E-state index in [1.807, 2.05) is 22.9 Å². The van der Waals surface area contributed by atoms with Gasteiger partial charge in [-0.05, 0) is 36.8 Å². The normalized spacial score (nSPS) is 15.3. The molecule has 22 heavy (non-hydrogen) atoms. The molecule has 1 aromatic carbocycles. The van der Waals surface area contributed by atoms with Crippen LogP contribution < -0.4 is 10.6 Å². The molecule has 3 rings (SSSR count). The van der Waals surface area contributed by atoms with Crippen LogP contribution in [0.3, 0.4) is 0 Å². The van der Waals surface area contributed by atoms with Gasteiger partial charge >= 0.3 is 6.03 Å². The second-order valence-corrected chi connectivity index (χ2v) is 6.01. The highest BCUT2D eigenvalue weighted by Crippen LogP contribution is 2.32. The van der Waals surface area contributed by atoms with Crippen molar-refractivity contribution in [3.63, 3.8) is 0 Å². The van der Waals surface area contributed by atoms with Gasteiger partial charge in [0.2, 0.25) is 0 Å². The molecule has 1 aromatic heterocycles. The van der Waals surface area contributed by atoms with E-state index in [0.29, 0.717) is 12.5 Å². The molecule has 116 valence electrons. The highest BCUT2D eigenvalue weighted by atomic mass is 16.2. The van der Waals surface area contributed by atoms with E-state index < -0.39 is 0 Å². The fourth-order valence-corrected chi connectivity index (χ4v) is 2.58. The Hall–Kier alpha value is -2.30. The van der Waals surface area contributed by atoms with Gasteiger partial charge in [-0.3, -0.25) is 0 Å². The third-order valence-electron chi connectivity index (χ3n) is 4.06. The number of imidazole rings is 1. The van der Waals surface area contributed by atoms with E-state index in [0.717, 1.165) is 12.1 Å². The molecular weight excluding hydrogens is 276 g/mol. The van der Waals surface area contributed by atoms with Crippen molar-refractivity contribution in [2.24, 2.45) is 5.92 Å². The van der Waals surface area contributed by atoms with Crippen LogP contribution in [0, 0.1) is 5.92 Å². The summed E-state index contributed by atoms with van der Waals surface area (Å²) in [5, 5.41) is 5.93. The number of benzene rings is 1. The van der Waals surface area contributed by atoms with Crippen LogP contribution in [0.4, 0.5) is 4.79 Å². The highest BCUT2D eigenvalue weighted by Gasteiger charge is 2.28. The molecule has 2 aromatic rings. The van der Waals surface area contributed by atoms with E-state index in [4.69, 9.17) is 0 Å². The minimum Gasteiger partial charge on any atom is -0.335 e. The number of urea groups is 1. The van der Waals surface area contributed by atoms with Gasteiger partial charge in [0.25, 0.3) is 0 Å². The Kier molecular flexibility index (Phi) is 4.42. The monoisotopic (exact) mass is 298 g/mol. The number of rotatable bonds is 6. The minimum absolute atomic E-state index is 0.0839. The van der Waals surface area contributed by atoms with E-state index in [1.54, 1.807) is 12.5 Å². The Bertz CT molecular complexity index is 619. The van der Waals surface area contributed by atoms with Gasteiger partial charge in [0.05, 0.1) is 6.33 Å². The van der Waals surface area contributed by atoms with Gasteiger partial charge in [-0.15, -0.1) is 0 Å². The van der Waals surface area contributed by atoms with Gasteiger partial charge in [-0.25, -0.2) is 9.78 Å². The number of nitrogens with zero attached hydrogens (tertiary/aromatic N) is 2. The first-order valence-electron chi connectivity index (χ1n) is 7.78. The average Bonchev–Trinajstić information content (AvgIpc) is 3.25. The third-order valence-corrected chi connectivity index (χ3v) is 4.06. The van der Waals surface area contributed by atoms with Gasteiger partial charge in [0.1, 0.15) is 0 Å². The molecule has 1 unspecified atom stereocenters. The topological polar surface area (TPSA) is 59.0 Å². The summed E-state index contributed by atoms with van der Waals surface area (Å²) >= 11 is 0. The number of carbonyl (C=O) groups excluding carboxylic acids is 1. The van der Waals surface area contributed by atoms with Gasteiger partial charge in [-0.1, -0.05) is 24.3 Å². The Labute approximate surface area is 130 Å². The molecule has 0 radical (unpaired) electrons. The molecule has 5 nitrogen and oxygen atoms in total. The summed E-state index contributed by atoms with van der Waals surface area (Å²) < 4.78 is 2.02. The van der Waals surface area contributed by atoms with Crippen molar-refractivity contribution in [2.45, 2.75) is 38.9 Å². The summed E-state index contributed by atoms with van der Waals surface area (Å²) in [6.07, 6.45) is 7.99. The first-order chi connectivity index (χ1) is 10.7. The number of amides is 2. The van der Waals surface area contributed by atoms with Crippen LogP contribution in [0.2, 0.25) is 0 Å². The number of hydrogen-bond acceptors (Lipinski definition) is 2. The SMILES string of the molecule is CC(NC(=O)NCc1cccc(Cn2ccnc2)c1)C1CC1. The molecule has 1 saturated carbocycles. The van der Waals surface area contributed by atoms with Crippen LogP contribution in [-0.4, -0.2) is 21.6 Å². The maximum absolute atomic E-state index is 11.9. The molecule has 2 N–H and O–H groups in total. The summed E-state index contributed by atoms with van der Waals surface area (Å²) in [6.45, 7) is 3.41. The summed E-state index contributed by atoms with van der Waals surface area (Å²) in [5.74, 6) is 0.671. The van der Waals surface area contributed by atoms with Crippen LogP contribution in [0.15, 0.2) is 43.0 Å². The highest BCUT2D eigenvalue weighted by molar-refractivity contribution is 5.74. The lowest BCUT2D eigenvalue weighted by Crippen LogP contribution is -2.41. The number of aromatic nitrogens is 2. The molecule has 1 heterocycles. The van der Waals surface area contributed by atoms with Crippen molar-refractivity contribution in [3.8, 4) is 0 Å². The van der Waals surface area contributed by atoms with Crippen LogP contribution >= 0.6 is 0 Å². The van der Waals surface area contributed by atoms with Crippen LogP contribution in [0.25, 0.3) is 0 Å². The van der Waals surface area contributed by atoms with Gasteiger partial charge in [0.15, 0.2) is 0 Å².